The van der Waals surface area contributed by atoms with E-state index in [0.717, 1.165) is 18.7 Å². The molecule has 0 amide bonds. The molecule has 0 radical (unpaired) electrons. The van der Waals surface area contributed by atoms with Crippen molar-refractivity contribution in [1.29, 1.82) is 0 Å². The Bertz CT molecular complexity index is 362. The first kappa shape index (κ1) is 10.6. The molecule has 3 nitrogen and oxygen atoms in total. The Morgan fingerprint density at radius 1 is 1.53 bits per heavy atom. The van der Waals surface area contributed by atoms with E-state index < -0.39 is 0 Å². The molecule has 1 unspecified atom stereocenters. The average molecular weight is 227 g/mol. The molecular weight excluding hydrogens is 212 g/mol. The van der Waals surface area contributed by atoms with Crippen molar-refractivity contribution >= 4 is 23.0 Å². The van der Waals surface area contributed by atoms with Crippen molar-refractivity contribution < 1.29 is 4.74 Å². The minimum absolute atomic E-state index is 0.0141. The molecule has 1 heterocycles. The Morgan fingerprint density at radius 3 is 2.93 bits per heavy atom. The van der Waals surface area contributed by atoms with E-state index in [9.17, 15) is 0 Å². The van der Waals surface area contributed by atoms with Gasteiger partial charge in [0.15, 0.2) is 0 Å². The summed E-state index contributed by atoms with van der Waals surface area (Å²) < 4.78 is 5.37. The number of rotatable bonds is 2. The van der Waals surface area contributed by atoms with Crippen LogP contribution in [0.25, 0.3) is 0 Å². The van der Waals surface area contributed by atoms with Crippen LogP contribution >= 0.6 is 11.6 Å². The molecule has 15 heavy (non-hydrogen) atoms. The fourth-order valence-electron chi connectivity index (χ4n) is 1.72. The molecule has 1 aliphatic heterocycles. The molecule has 82 valence electrons. The number of nitrogens with two attached hydrogens (primary N) is 1. The number of nitrogen functional groups attached to an aromatic ring is 1. The van der Waals surface area contributed by atoms with Gasteiger partial charge in [-0.25, -0.2) is 0 Å². The number of hydrogen-bond donors (Lipinski definition) is 2. The van der Waals surface area contributed by atoms with Crippen LogP contribution in [0.3, 0.4) is 0 Å². The summed E-state index contributed by atoms with van der Waals surface area (Å²) in [4.78, 5) is 0. The van der Waals surface area contributed by atoms with Gasteiger partial charge in [0.25, 0.3) is 0 Å². The van der Waals surface area contributed by atoms with Gasteiger partial charge in [-0.3, -0.25) is 0 Å². The summed E-state index contributed by atoms with van der Waals surface area (Å²) in [7, 11) is 0. The number of anilines is 2. The first-order valence-corrected chi connectivity index (χ1v) is 5.38. The van der Waals surface area contributed by atoms with Gasteiger partial charge < -0.3 is 15.8 Å². The Morgan fingerprint density at radius 2 is 2.33 bits per heavy atom. The van der Waals surface area contributed by atoms with Gasteiger partial charge in [0.05, 0.1) is 22.9 Å². The zero-order valence-corrected chi connectivity index (χ0v) is 9.47. The van der Waals surface area contributed by atoms with Crippen molar-refractivity contribution in [2.24, 2.45) is 0 Å². The van der Waals surface area contributed by atoms with E-state index in [4.69, 9.17) is 22.1 Å². The molecule has 0 bridgehead atoms. The maximum Gasteiger partial charge on any atom is 0.0694 e. The summed E-state index contributed by atoms with van der Waals surface area (Å²) >= 11 is 6.09. The lowest BCUT2D eigenvalue weighted by molar-refractivity contribution is 0.185. The maximum absolute atomic E-state index is 6.09. The van der Waals surface area contributed by atoms with Gasteiger partial charge in [-0.05, 0) is 31.5 Å². The topological polar surface area (TPSA) is 47.3 Å². The van der Waals surface area contributed by atoms with E-state index in [0.29, 0.717) is 17.3 Å². The lowest BCUT2D eigenvalue weighted by Crippen LogP contribution is -2.35. The van der Waals surface area contributed by atoms with Crippen LogP contribution in [0.4, 0.5) is 11.4 Å². The Kier molecular flexibility index (Phi) is 2.76. The first-order chi connectivity index (χ1) is 7.09. The molecule has 1 aliphatic rings. The molecule has 0 saturated carbocycles. The Hall–Kier alpha value is -0.930. The molecule has 3 N–H and O–H groups in total. The maximum atomic E-state index is 6.09. The fourth-order valence-corrected chi connectivity index (χ4v) is 1.96. The van der Waals surface area contributed by atoms with Gasteiger partial charge in [0.1, 0.15) is 0 Å². The lowest BCUT2D eigenvalue weighted by atomic mass is 10.0. The van der Waals surface area contributed by atoms with Gasteiger partial charge in [0, 0.05) is 12.3 Å². The molecule has 2 rings (SSSR count). The minimum atomic E-state index is -0.0141. The van der Waals surface area contributed by atoms with E-state index in [1.807, 2.05) is 12.1 Å². The van der Waals surface area contributed by atoms with Crippen LogP contribution in [0.1, 0.15) is 13.3 Å². The number of hydrogen-bond acceptors (Lipinski definition) is 3. The number of halogens is 1. The first-order valence-electron chi connectivity index (χ1n) is 5.00. The lowest BCUT2D eigenvalue weighted by Gasteiger charge is -2.25. The smallest absolute Gasteiger partial charge is 0.0694 e. The highest BCUT2D eigenvalue weighted by Crippen LogP contribution is 2.29. The van der Waals surface area contributed by atoms with Crippen LogP contribution in [0.15, 0.2) is 18.2 Å². The van der Waals surface area contributed by atoms with Crippen LogP contribution in [0, 0.1) is 0 Å². The zero-order chi connectivity index (χ0) is 10.9. The van der Waals surface area contributed by atoms with Crippen LogP contribution in [0.5, 0.6) is 0 Å². The van der Waals surface area contributed by atoms with Crippen molar-refractivity contribution in [2.45, 2.75) is 18.9 Å². The number of nitrogens with one attached hydrogen (secondary N) is 1. The highest BCUT2D eigenvalue weighted by Gasteiger charge is 2.29. The van der Waals surface area contributed by atoms with Gasteiger partial charge in [-0.1, -0.05) is 11.6 Å². The molecule has 1 aromatic carbocycles. The van der Waals surface area contributed by atoms with Gasteiger partial charge in [-0.15, -0.1) is 0 Å². The summed E-state index contributed by atoms with van der Waals surface area (Å²) in [5, 5.41) is 4.06. The van der Waals surface area contributed by atoms with Crippen molar-refractivity contribution in [3.8, 4) is 0 Å². The molecule has 1 atom stereocenters. The molecule has 1 aromatic rings. The molecule has 0 aliphatic carbocycles. The number of benzene rings is 1. The van der Waals surface area contributed by atoms with E-state index in [2.05, 4.69) is 12.2 Å². The standard InChI is InChI=1S/C11H15ClN2O/c1-11(4-5-15-7-11)14-10-3-2-8(13)6-9(10)12/h2-3,6,14H,4-5,7,13H2,1H3. The van der Waals surface area contributed by atoms with Crippen LogP contribution in [-0.4, -0.2) is 18.8 Å². The van der Waals surface area contributed by atoms with Crippen LogP contribution in [0.2, 0.25) is 5.02 Å². The van der Waals surface area contributed by atoms with Gasteiger partial charge >= 0.3 is 0 Å². The van der Waals surface area contributed by atoms with Gasteiger partial charge in [-0.2, -0.15) is 0 Å². The second-order valence-electron chi connectivity index (χ2n) is 4.23. The third-order valence-corrected chi connectivity index (χ3v) is 2.96. The molecule has 1 fully saturated rings. The van der Waals surface area contributed by atoms with Crippen molar-refractivity contribution in [1.82, 2.24) is 0 Å². The molecule has 0 aromatic heterocycles. The zero-order valence-electron chi connectivity index (χ0n) is 8.72. The fraction of sp³-hybridized carbons (Fsp3) is 0.455. The monoisotopic (exact) mass is 226 g/mol. The van der Waals surface area contributed by atoms with E-state index >= 15 is 0 Å². The quantitative estimate of drug-likeness (QED) is 0.762. The second-order valence-corrected chi connectivity index (χ2v) is 4.63. The summed E-state index contributed by atoms with van der Waals surface area (Å²) in [6.45, 7) is 3.65. The minimum Gasteiger partial charge on any atom is -0.399 e. The van der Waals surface area contributed by atoms with Gasteiger partial charge in [0.2, 0.25) is 0 Å². The van der Waals surface area contributed by atoms with Crippen molar-refractivity contribution in [3.63, 3.8) is 0 Å². The third-order valence-electron chi connectivity index (χ3n) is 2.65. The second kappa shape index (κ2) is 3.91. The largest absolute Gasteiger partial charge is 0.399 e. The SMILES string of the molecule is CC1(Nc2ccc(N)cc2Cl)CCOC1. The normalized spacial score (nSPS) is 25.5. The van der Waals surface area contributed by atoms with E-state index in [1.165, 1.54) is 0 Å². The summed E-state index contributed by atoms with van der Waals surface area (Å²) in [5.41, 5.74) is 7.21. The molecular formula is C11H15ClN2O. The van der Waals surface area contributed by atoms with Crippen molar-refractivity contribution in [3.05, 3.63) is 23.2 Å². The summed E-state index contributed by atoms with van der Waals surface area (Å²) in [5.74, 6) is 0. The molecule has 1 saturated heterocycles. The highest BCUT2D eigenvalue weighted by molar-refractivity contribution is 6.33. The number of ether oxygens (including phenoxy) is 1. The van der Waals surface area contributed by atoms with Crippen molar-refractivity contribution in [2.75, 3.05) is 24.3 Å². The predicted octanol–water partition coefficient (Wildman–Crippen LogP) is 2.51. The Labute approximate surface area is 94.6 Å². The highest BCUT2D eigenvalue weighted by atomic mass is 35.5. The molecule has 0 spiro atoms. The summed E-state index contributed by atoms with van der Waals surface area (Å²) in [6.07, 6.45) is 0.994. The predicted molar refractivity (Wildman–Crippen MR) is 63.3 cm³/mol. The average Bonchev–Trinajstić information content (AvgIpc) is 2.58. The third kappa shape index (κ3) is 2.36. The summed E-state index contributed by atoms with van der Waals surface area (Å²) in [6, 6.07) is 5.50. The van der Waals surface area contributed by atoms with Crippen LogP contribution < -0.4 is 11.1 Å². The van der Waals surface area contributed by atoms with E-state index in [-0.39, 0.29) is 5.54 Å². The van der Waals surface area contributed by atoms with E-state index in [1.54, 1.807) is 6.07 Å². The molecule has 4 heteroatoms. The van der Waals surface area contributed by atoms with Crippen LogP contribution in [-0.2, 0) is 4.74 Å². The Balaban J connectivity index is 2.16.